The van der Waals surface area contributed by atoms with Gasteiger partial charge in [0.2, 0.25) is 0 Å². The van der Waals surface area contributed by atoms with E-state index in [-0.39, 0.29) is 0 Å². The summed E-state index contributed by atoms with van der Waals surface area (Å²) >= 11 is 0. The molecule has 0 bridgehead atoms. The summed E-state index contributed by atoms with van der Waals surface area (Å²) in [5.41, 5.74) is 2.40. The lowest BCUT2D eigenvalue weighted by molar-refractivity contribution is 0.596. The lowest BCUT2D eigenvalue weighted by Crippen LogP contribution is -2.10. The Labute approximate surface area is 78.5 Å². The lowest BCUT2D eigenvalue weighted by atomic mass is 10.0. The van der Waals surface area contributed by atoms with Gasteiger partial charge < -0.3 is 0 Å². The number of hydrogen-bond acceptors (Lipinski definition) is 2. The Bertz CT molecular complexity index is 374. The zero-order chi connectivity index (χ0) is 9.31. The van der Waals surface area contributed by atoms with Crippen molar-refractivity contribution in [3.63, 3.8) is 0 Å². The molecule has 1 aromatic carbocycles. The number of fused-ring (bicyclic) bond motifs is 1. The van der Waals surface area contributed by atoms with Crippen LogP contribution < -0.4 is 0 Å². The quantitative estimate of drug-likeness (QED) is 0.625. The molecule has 3 heteroatoms. The topological polar surface area (TPSA) is 34.1 Å². The molecule has 0 saturated heterocycles. The van der Waals surface area contributed by atoms with Gasteiger partial charge in [0.15, 0.2) is 9.84 Å². The van der Waals surface area contributed by atoms with Crippen LogP contribution >= 0.6 is 0 Å². The molecule has 0 aromatic heterocycles. The van der Waals surface area contributed by atoms with Gasteiger partial charge in [-0.05, 0) is 24.0 Å². The zero-order valence-electron chi connectivity index (χ0n) is 7.36. The Hall–Kier alpha value is -0.830. The Kier molecular flexibility index (Phi) is 2.12. The largest absolute Gasteiger partial charge is 0.229 e. The minimum absolute atomic E-state index is 0.310. The van der Waals surface area contributed by atoms with Crippen LogP contribution in [0.25, 0.3) is 0 Å². The second-order valence-corrected chi connectivity index (χ2v) is 5.72. The number of benzene rings is 1. The fourth-order valence-electron chi connectivity index (χ4n) is 1.68. The van der Waals surface area contributed by atoms with Crippen molar-refractivity contribution >= 4 is 9.84 Å². The van der Waals surface area contributed by atoms with E-state index in [4.69, 9.17) is 0 Å². The lowest BCUT2D eigenvalue weighted by Gasteiger charge is -2.01. The van der Waals surface area contributed by atoms with Crippen LogP contribution in [0.1, 0.15) is 11.1 Å². The fourth-order valence-corrected chi connectivity index (χ4v) is 2.94. The van der Waals surface area contributed by atoms with Gasteiger partial charge in [0.25, 0.3) is 0 Å². The van der Waals surface area contributed by atoms with Crippen LogP contribution in [0.3, 0.4) is 0 Å². The van der Waals surface area contributed by atoms with Crippen LogP contribution in [-0.2, 0) is 22.7 Å². The Morgan fingerprint density at radius 3 is 1.85 bits per heavy atom. The van der Waals surface area contributed by atoms with Crippen molar-refractivity contribution in [3.8, 4) is 0 Å². The molecular weight excluding hydrogens is 184 g/mol. The molecule has 0 aliphatic carbocycles. The van der Waals surface area contributed by atoms with Gasteiger partial charge in [-0.2, -0.15) is 0 Å². The Morgan fingerprint density at radius 2 is 1.38 bits per heavy atom. The van der Waals surface area contributed by atoms with Crippen molar-refractivity contribution in [1.29, 1.82) is 0 Å². The van der Waals surface area contributed by atoms with Crippen molar-refractivity contribution in [2.24, 2.45) is 0 Å². The van der Waals surface area contributed by atoms with Crippen LogP contribution in [0, 0.1) is 0 Å². The first-order valence-corrected chi connectivity index (χ1v) is 6.27. The summed E-state index contributed by atoms with van der Waals surface area (Å²) in [4.78, 5) is 0. The van der Waals surface area contributed by atoms with Gasteiger partial charge in [-0.1, -0.05) is 24.3 Å². The predicted octanol–water partition coefficient (Wildman–Crippen LogP) is 1.20. The molecule has 0 radical (unpaired) electrons. The monoisotopic (exact) mass is 196 g/mol. The third kappa shape index (κ3) is 1.91. The second-order valence-electron chi connectivity index (χ2n) is 3.42. The summed E-state index contributed by atoms with van der Waals surface area (Å²) in [6, 6.07) is 7.99. The smallest absolute Gasteiger partial charge is 0.150 e. The first-order valence-electron chi connectivity index (χ1n) is 4.45. The summed E-state index contributed by atoms with van der Waals surface area (Å²) in [6.45, 7) is 0. The summed E-state index contributed by atoms with van der Waals surface area (Å²) < 4.78 is 22.7. The molecule has 0 spiro atoms. The molecule has 1 heterocycles. The highest BCUT2D eigenvalue weighted by atomic mass is 32.2. The van der Waals surface area contributed by atoms with E-state index in [2.05, 4.69) is 0 Å². The van der Waals surface area contributed by atoms with E-state index in [1.54, 1.807) is 0 Å². The zero-order valence-corrected chi connectivity index (χ0v) is 8.18. The molecule has 70 valence electrons. The fraction of sp³-hybridized carbons (Fsp3) is 0.400. The molecule has 0 saturated carbocycles. The molecule has 0 N–H and O–H groups in total. The summed E-state index contributed by atoms with van der Waals surface area (Å²) in [6.07, 6.45) is 1.36. The molecule has 0 fully saturated rings. The van der Waals surface area contributed by atoms with Crippen LogP contribution in [0.2, 0.25) is 0 Å². The van der Waals surface area contributed by atoms with Crippen molar-refractivity contribution < 1.29 is 8.42 Å². The third-order valence-electron chi connectivity index (χ3n) is 2.48. The third-order valence-corrected chi connectivity index (χ3v) is 4.14. The SMILES string of the molecule is O=S1(=O)CCc2ccccc2CC1. The molecular formula is C10H12O2S. The van der Waals surface area contributed by atoms with Gasteiger partial charge in [-0.3, -0.25) is 0 Å². The molecule has 1 aliphatic heterocycles. The number of sulfone groups is 1. The standard InChI is InChI=1S/C10H12O2S/c11-13(12)7-5-9-3-1-2-4-10(9)6-8-13/h1-4H,5-8H2. The van der Waals surface area contributed by atoms with E-state index >= 15 is 0 Å². The molecule has 2 rings (SSSR count). The molecule has 13 heavy (non-hydrogen) atoms. The summed E-state index contributed by atoms with van der Waals surface area (Å²) in [5.74, 6) is 0.619. The Morgan fingerprint density at radius 1 is 0.923 bits per heavy atom. The van der Waals surface area contributed by atoms with Crippen molar-refractivity contribution in [1.82, 2.24) is 0 Å². The van der Waals surface area contributed by atoms with Gasteiger partial charge in [0, 0.05) is 0 Å². The van der Waals surface area contributed by atoms with Gasteiger partial charge in [0.05, 0.1) is 11.5 Å². The van der Waals surface area contributed by atoms with Crippen LogP contribution in [0.4, 0.5) is 0 Å². The van der Waals surface area contributed by atoms with Crippen LogP contribution in [0.5, 0.6) is 0 Å². The van der Waals surface area contributed by atoms with Crippen molar-refractivity contribution in [3.05, 3.63) is 35.4 Å². The van der Waals surface area contributed by atoms with E-state index in [1.807, 2.05) is 24.3 Å². The molecule has 2 nitrogen and oxygen atoms in total. The molecule has 0 atom stereocenters. The minimum atomic E-state index is -2.79. The molecule has 1 aromatic rings. The van der Waals surface area contributed by atoms with E-state index in [0.29, 0.717) is 24.3 Å². The van der Waals surface area contributed by atoms with Crippen LogP contribution in [-0.4, -0.2) is 19.9 Å². The minimum Gasteiger partial charge on any atom is -0.229 e. The van der Waals surface area contributed by atoms with Gasteiger partial charge in [-0.15, -0.1) is 0 Å². The second kappa shape index (κ2) is 3.14. The average Bonchev–Trinajstić information content (AvgIpc) is 2.27. The molecule has 1 aliphatic rings. The van der Waals surface area contributed by atoms with E-state index in [0.717, 1.165) is 0 Å². The summed E-state index contributed by atoms with van der Waals surface area (Å²) in [5, 5.41) is 0. The summed E-state index contributed by atoms with van der Waals surface area (Å²) in [7, 11) is -2.79. The number of hydrogen-bond donors (Lipinski definition) is 0. The van der Waals surface area contributed by atoms with E-state index in [1.165, 1.54) is 11.1 Å². The first-order chi connectivity index (χ1) is 6.17. The van der Waals surface area contributed by atoms with E-state index < -0.39 is 9.84 Å². The van der Waals surface area contributed by atoms with E-state index in [9.17, 15) is 8.42 Å². The van der Waals surface area contributed by atoms with Crippen molar-refractivity contribution in [2.75, 3.05) is 11.5 Å². The maximum absolute atomic E-state index is 11.3. The number of aryl methyl sites for hydroxylation is 2. The van der Waals surface area contributed by atoms with Gasteiger partial charge in [0.1, 0.15) is 0 Å². The van der Waals surface area contributed by atoms with Crippen LogP contribution in [0.15, 0.2) is 24.3 Å². The molecule has 0 unspecified atom stereocenters. The highest BCUT2D eigenvalue weighted by Gasteiger charge is 2.17. The maximum Gasteiger partial charge on any atom is 0.150 e. The predicted molar refractivity (Wildman–Crippen MR) is 52.5 cm³/mol. The van der Waals surface area contributed by atoms with Crippen molar-refractivity contribution in [2.45, 2.75) is 12.8 Å². The Balaban J connectivity index is 2.37. The van der Waals surface area contributed by atoms with Gasteiger partial charge >= 0.3 is 0 Å². The van der Waals surface area contributed by atoms with Gasteiger partial charge in [-0.25, -0.2) is 8.42 Å². The highest BCUT2D eigenvalue weighted by Crippen LogP contribution is 2.16. The molecule has 0 amide bonds. The normalized spacial score (nSPS) is 20.3. The maximum atomic E-state index is 11.3. The average molecular weight is 196 g/mol. The first kappa shape index (κ1) is 8.75. The highest BCUT2D eigenvalue weighted by molar-refractivity contribution is 7.91. The number of rotatable bonds is 0.